The molecular weight excluding hydrogens is 703 g/mol. The SMILES string of the molecule is C=N/C(=N\C=C/C)c1ccc2c(c1)c1ccc3c4cc(-c5ncccn5)ccc4n(-c4nc(-c5ccccc5)nc(-c5ccccc5)n4)c3c1n2-c1ccccc1. The summed E-state index contributed by atoms with van der Waals surface area (Å²) in [6.07, 6.45) is 7.15. The fourth-order valence-corrected chi connectivity index (χ4v) is 7.63. The average Bonchev–Trinajstić information content (AvgIpc) is 3.80. The van der Waals surface area contributed by atoms with E-state index in [1.807, 2.05) is 85.8 Å². The first-order chi connectivity index (χ1) is 28.2. The molecule has 10 aromatic rings. The highest BCUT2D eigenvalue weighted by atomic mass is 15.2. The quantitative estimate of drug-likeness (QED) is 0.120. The Bertz CT molecular complexity index is 3130. The summed E-state index contributed by atoms with van der Waals surface area (Å²) in [5, 5.41) is 4.14. The van der Waals surface area contributed by atoms with Gasteiger partial charge in [-0.25, -0.2) is 24.9 Å². The van der Waals surface area contributed by atoms with Crippen LogP contribution < -0.4 is 0 Å². The Labute approximate surface area is 327 Å². The molecule has 0 unspecified atom stereocenters. The van der Waals surface area contributed by atoms with Gasteiger partial charge in [0.05, 0.1) is 22.1 Å². The van der Waals surface area contributed by atoms with Crippen molar-refractivity contribution in [2.75, 3.05) is 0 Å². The molecule has 0 saturated carbocycles. The highest BCUT2D eigenvalue weighted by Crippen LogP contribution is 2.42. The van der Waals surface area contributed by atoms with Crippen LogP contribution in [0.25, 0.3) is 89.4 Å². The van der Waals surface area contributed by atoms with E-state index < -0.39 is 0 Å². The lowest BCUT2D eigenvalue weighted by Crippen LogP contribution is -2.07. The van der Waals surface area contributed by atoms with Gasteiger partial charge in [0.15, 0.2) is 23.3 Å². The fraction of sp³-hybridized carbons (Fsp3) is 0.0208. The highest BCUT2D eigenvalue weighted by Gasteiger charge is 2.24. The average molecular weight is 736 g/mol. The van der Waals surface area contributed by atoms with E-state index in [1.54, 1.807) is 18.6 Å². The van der Waals surface area contributed by atoms with Crippen molar-refractivity contribution in [3.63, 3.8) is 0 Å². The van der Waals surface area contributed by atoms with Crippen molar-refractivity contribution in [2.45, 2.75) is 6.92 Å². The molecule has 0 atom stereocenters. The zero-order chi connectivity index (χ0) is 38.3. The molecule has 0 radical (unpaired) electrons. The molecule has 0 fully saturated rings. The van der Waals surface area contributed by atoms with Gasteiger partial charge in [-0.2, -0.15) is 9.97 Å². The number of amidine groups is 1. The molecule has 6 aromatic carbocycles. The van der Waals surface area contributed by atoms with Crippen LogP contribution in [0.4, 0.5) is 0 Å². The second-order valence-electron chi connectivity index (χ2n) is 13.5. The van der Waals surface area contributed by atoms with Crippen LogP contribution in [0.5, 0.6) is 0 Å². The number of allylic oxidation sites excluding steroid dienone is 1. The normalized spacial score (nSPS) is 12.1. The van der Waals surface area contributed by atoms with E-state index >= 15 is 0 Å². The zero-order valence-electron chi connectivity index (χ0n) is 30.9. The molecule has 0 saturated heterocycles. The van der Waals surface area contributed by atoms with Crippen LogP contribution in [-0.2, 0) is 0 Å². The van der Waals surface area contributed by atoms with E-state index in [1.165, 1.54) is 0 Å². The maximum absolute atomic E-state index is 5.26. The largest absolute Gasteiger partial charge is 0.307 e. The van der Waals surface area contributed by atoms with Crippen molar-refractivity contribution in [1.82, 2.24) is 34.1 Å². The number of aliphatic imine (C=N–C) groups is 2. The van der Waals surface area contributed by atoms with Crippen molar-refractivity contribution in [3.8, 4) is 45.8 Å². The first-order valence-electron chi connectivity index (χ1n) is 18.6. The molecule has 57 heavy (non-hydrogen) atoms. The Balaban J connectivity index is 1.38. The molecule has 0 N–H and O–H groups in total. The minimum atomic E-state index is 0.501. The summed E-state index contributed by atoms with van der Waals surface area (Å²) in [7, 11) is 0. The molecule has 0 aliphatic carbocycles. The van der Waals surface area contributed by atoms with Gasteiger partial charge in [0, 0.05) is 68.1 Å². The highest BCUT2D eigenvalue weighted by molar-refractivity contribution is 6.24. The van der Waals surface area contributed by atoms with E-state index in [0.29, 0.717) is 29.3 Å². The lowest BCUT2D eigenvalue weighted by molar-refractivity contribution is 0.953. The number of benzene rings is 6. The number of hydrogen-bond acceptors (Lipinski definition) is 6. The van der Waals surface area contributed by atoms with E-state index in [0.717, 1.165) is 71.6 Å². The predicted octanol–water partition coefficient (Wildman–Crippen LogP) is 10.8. The van der Waals surface area contributed by atoms with Crippen LogP contribution in [-0.4, -0.2) is 46.6 Å². The van der Waals surface area contributed by atoms with Crippen LogP contribution in [0.3, 0.4) is 0 Å². The number of para-hydroxylation sites is 1. The molecule has 0 bridgehead atoms. The molecule has 270 valence electrons. The third-order valence-electron chi connectivity index (χ3n) is 10.1. The summed E-state index contributed by atoms with van der Waals surface area (Å²) < 4.78 is 4.52. The Morgan fingerprint density at radius 2 is 1.12 bits per heavy atom. The molecule has 0 spiro atoms. The van der Waals surface area contributed by atoms with E-state index in [4.69, 9.17) is 15.0 Å². The molecule has 0 aliphatic rings. The van der Waals surface area contributed by atoms with Gasteiger partial charge in [0.1, 0.15) is 0 Å². The van der Waals surface area contributed by atoms with Crippen LogP contribution in [0, 0.1) is 0 Å². The fourth-order valence-electron chi connectivity index (χ4n) is 7.63. The van der Waals surface area contributed by atoms with Gasteiger partial charge in [-0.3, -0.25) is 4.57 Å². The molecule has 4 aromatic heterocycles. The molecular formula is C48H33N9. The standard InChI is InChI=1S/C48H33N9/c1-3-26-50-44(49-2)33-20-24-40-38(29-33)36-22-23-37-39-30-34(45-51-27-13-28-52-45)21-25-41(39)57(43(37)42(36)56(40)35-18-11-6-12-19-35)48-54-46(31-14-7-4-8-15-31)53-47(55-48)32-16-9-5-10-17-32/h3-30H,2H2,1H3/b26-3-,50-44-. The van der Waals surface area contributed by atoms with Crippen molar-refractivity contribution in [2.24, 2.45) is 9.98 Å². The maximum atomic E-state index is 5.26. The van der Waals surface area contributed by atoms with Crippen LogP contribution in [0.1, 0.15) is 12.5 Å². The third kappa shape index (κ3) is 5.77. The van der Waals surface area contributed by atoms with Crippen LogP contribution >= 0.6 is 0 Å². The minimum Gasteiger partial charge on any atom is -0.307 e. The van der Waals surface area contributed by atoms with Crippen molar-refractivity contribution in [3.05, 3.63) is 176 Å². The van der Waals surface area contributed by atoms with Crippen molar-refractivity contribution >= 4 is 56.2 Å². The second-order valence-corrected chi connectivity index (χ2v) is 13.5. The Kier molecular flexibility index (Phi) is 8.30. The van der Waals surface area contributed by atoms with Gasteiger partial charge in [-0.05, 0) is 68.2 Å². The smallest absolute Gasteiger partial charge is 0.238 e. The van der Waals surface area contributed by atoms with Gasteiger partial charge in [-0.1, -0.05) is 97.1 Å². The topological polar surface area (TPSA) is 99.0 Å². The zero-order valence-corrected chi connectivity index (χ0v) is 30.9. The summed E-state index contributed by atoms with van der Waals surface area (Å²) >= 11 is 0. The van der Waals surface area contributed by atoms with Gasteiger partial charge < -0.3 is 4.57 Å². The molecule has 4 heterocycles. The van der Waals surface area contributed by atoms with Gasteiger partial charge in [0.25, 0.3) is 0 Å². The number of aromatic nitrogens is 7. The number of rotatable bonds is 7. The van der Waals surface area contributed by atoms with Gasteiger partial charge >= 0.3 is 0 Å². The Hall–Kier alpha value is -7.91. The van der Waals surface area contributed by atoms with Crippen molar-refractivity contribution < 1.29 is 0 Å². The summed E-state index contributed by atoms with van der Waals surface area (Å²) in [5.41, 5.74) is 8.49. The van der Waals surface area contributed by atoms with Gasteiger partial charge in [0.2, 0.25) is 5.95 Å². The Morgan fingerprint density at radius 1 is 0.544 bits per heavy atom. The summed E-state index contributed by atoms with van der Waals surface area (Å²) in [6, 6.07) is 49.5. The predicted molar refractivity (Wildman–Crippen MR) is 231 cm³/mol. The molecule has 10 rings (SSSR count). The summed E-state index contributed by atoms with van der Waals surface area (Å²) in [4.78, 5) is 33.6. The lowest BCUT2D eigenvalue weighted by Gasteiger charge is -2.13. The molecule has 0 aliphatic heterocycles. The van der Waals surface area contributed by atoms with Crippen molar-refractivity contribution in [1.29, 1.82) is 0 Å². The summed E-state index contributed by atoms with van der Waals surface area (Å²) in [5.74, 6) is 2.86. The van der Waals surface area contributed by atoms with E-state index in [-0.39, 0.29) is 0 Å². The molecule has 0 amide bonds. The van der Waals surface area contributed by atoms with E-state index in [2.05, 4.69) is 109 Å². The maximum Gasteiger partial charge on any atom is 0.238 e. The minimum absolute atomic E-state index is 0.501. The number of nitrogens with zero attached hydrogens (tertiary/aromatic N) is 9. The van der Waals surface area contributed by atoms with E-state index in [9.17, 15) is 0 Å². The van der Waals surface area contributed by atoms with Crippen LogP contribution in [0.15, 0.2) is 180 Å². The monoisotopic (exact) mass is 735 g/mol. The second kappa shape index (κ2) is 14.1. The first kappa shape index (κ1) is 33.6. The molecule has 9 heteroatoms. The third-order valence-corrected chi connectivity index (χ3v) is 10.1. The first-order valence-corrected chi connectivity index (χ1v) is 18.6. The Morgan fingerprint density at radius 3 is 1.75 bits per heavy atom. The van der Waals surface area contributed by atoms with Crippen LogP contribution in [0.2, 0.25) is 0 Å². The number of hydrogen-bond donors (Lipinski definition) is 0. The lowest BCUT2D eigenvalue weighted by atomic mass is 10.1. The molecule has 9 nitrogen and oxygen atoms in total. The van der Waals surface area contributed by atoms with Gasteiger partial charge in [-0.15, -0.1) is 0 Å². The summed E-state index contributed by atoms with van der Waals surface area (Å²) in [6.45, 7) is 5.76. The number of fused-ring (bicyclic) bond motifs is 7.